The van der Waals surface area contributed by atoms with Crippen molar-refractivity contribution in [2.24, 2.45) is 7.05 Å². The van der Waals surface area contributed by atoms with E-state index >= 15 is 0 Å². The molecule has 1 amide bonds. The first-order valence-electron chi connectivity index (χ1n) is 8.31. The Morgan fingerprint density at radius 2 is 2.00 bits per heavy atom. The molecule has 0 radical (unpaired) electrons. The first-order chi connectivity index (χ1) is 12.1. The van der Waals surface area contributed by atoms with Crippen LogP contribution in [0.15, 0.2) is 45.6 Å². The largest absolute Gasteiger partial charge is 0.419 e. The molecule has 0 aliphatic carbocycles. The molecule has 128 valence electrons. The molecule has 2 heterocycles. The molecular formula is C19H19N3O3. The molecule has 0 atom stereocenters. The first kappa shape index (κ1) is 15.7. The Morgan fingerprint density at radius 3 is 2.80 bits per heavy atom. The Morgan fingerprint density at radius 1 is 1.20 bits per heavy atom. The number of nitrogens with one attached hydrogen (secondary N) is 1. The topological polar surface area (TPSA) is 67.5 Å². The summed E-state index contributed by atoms with van der Waals surface area (Å²) in [5, 5.41) is 2.99. The SMILES string of the molecule is CCN1Cc2cccc(NC(=O)c3cccc4c3oc(=O)n4C)c2C1. The van der Waals surface area contributed by atoms with Gasteiger partial charge in [-0.05, 0) is 35.9 Å². The number of hydrogen-bond donors (Lipinski definition) is 1. The summed E-state index contributed by atoms with van der Waals surface area (Å²) in [4.78, 5) is 26.9. The molecule has 6 nitrogen and oxygen atoms in total. The van der Waals surface area contributed by atoms with Gasteiger partial charge in [0.25, 0.3) is 5.91 Å². The highest BCUT2D eigenvalue weighted by molar-refractivity contribution is 6.11. The van der Waals surface area contributed by atoms with Gasteiger partial charge in [-0.25, -0.2) is 4.79 Å². The zero-order valence-corrected chi connectivity index (χ0v) is 14.2. The van der Waals surface area contributed by atoms with Gasteiger partial charge in [0.05, 0.1) is 11.1 Å². The summed E-state index contributed by atoms with van der Waals surface area (Å²) in [7, 11) is 1.62. The van der Waals surface area contributed by atoms with Crippen molar-refractivity contribution in [2.75, 3.05) is 11.9 Å². The molecule has 2 aromatic carbocycles. The normalized spacial score (nSPS) is 14.0. The van der Waals surface area contributed by atoms with Crippen molar-refractivity contribution < 1.29 is 9.21 Å². The van der Waals surface area contributed by atoms with E-state index in [1.54, 1.807) is 25.2 Å². The van der Waals surface area contributed by atoms with Crippen LogP contribution >= 0.6 is 0 Å². The molecule has 0 unspecified atom stereocenters. The highest BCUT2D eigenvalue weighted by Gasteiger charge is 2.22. The van der Waals surface area contributed by atoms with Crippen LogP contribution in [0.3, 0.4) is 0 Å². The summed E-state index contributed by atoms with van der Waals surface area (Å²) in [5.74, 6) is -0.752. The van der Waals surface area contributed by atoms with Gasteiger partial charge in [-0.1, -0.05) is 25.1 Å². The fourth-order valence-electron chi connectivity index (χ4n) is 3.35. The van der Waals surface area contributed by atoms with Crippen molar-refractivity contribution in [2.45, 2.75) is 20.0 Å². The summed E-state index contributed by atoms with van der Waals surface area (Å²) in [6.07, 6.45) is 0. The highest BCUT2D eigenvalue weighted by Crippen LogP contribution is 2.29. The monoisotopic (exact) mass is 337 g/mol. The number of nitrogens with zero attached hydrogens (tertiary/aromatic N) is 2. The molecule has 0 bridgehead atoms. The van der Waals surface area contributed by atoms with E-state index in [0.29, 0.717) is 16.7 Å². The van der Waals surface area contributed by atoms with Crippen LogP contribution in [-0.4, -0.2) is 21.9 Å². The molecule has 6 heteroatoms. The molecule has 0 saturated carbocycles. The minimum atomic E-state index is -0.477. The van der Waals surface area contributed by atoms with E-state index < -0.39 is 5.76 Å². The number of oxazole rings is 1. The summed E-state index contributed by atoms with van der Waals surface area (Å²) < 4.78 is 6.65. The maximum absolute atomic E-state index is 12.8. The van der Waals surface area contributed by atoms with Crippen LogP contribution in [0.2, 0.25) is 0 Å². The third-order valence-electron chi connectivity index (χ3n) is 4.81. The molecule has 1 aliphatic rings. The number of anilines is 1. The van der Waals surface area contributed by atoms with Gasteiger partial charge in [0, 0.05) is 25.8 Å². The average Bonchev–Trinajstić information content (AvgIpc) is 3.17. The zero-order valence-electron chi connectivity index (χ0n) is 14.2. The minimum Gasteiger partial charge on any atom is -0.407 e. The van der Waals surface area contributed by atoms with Crippen LogP contribution in [0, 0.1) is 0 Å². The number of rotatable bonds is 3. The van der Waals surface area contributed by atoms with Crippen LogP contribution in [0.4, 0.5) is 5.69 Å². The van der Waals surface area contributed by atoms with Crippen LogP contribution in [0.5, 0.6) is 0 Å². The van der Waals surface area contributed by atoms with Crippen molar-refractivity contribution in [1.29, 1.82) is 0 Å². The second-order valence-electron chi connectivity index (χ2n) is 6.28. The number of amides is 1. The maximum atomic E-state index is 12.8. The highest BCUT2D eigenvalue weighted by atomic mass is 16.4. The Balaban J connectivity index is 1.70. The van der Waals surface area contributed by atoms with Crippen molar-refractivity contribution in [1.82, 2.24) is 9.47 Å². The van der Waals surface area contributed by atoms with E-state index in [9.17, 15) is 9.59 Å². The smallest absolute Gasteiger partial charge is 0.407 e. The number of aromatic nitrogens is 1. The third-order valence-corrected chi connectivity index (χ3v) is 4.81. The Hall–Kier alpha value is -2.86. The zero-order chi connectivity index (χ0) is 17.6. The van der Waals surface area contributed by atoms with Crippen LogP contribution < -0.4 is 11.1 Å². The van der Waals surface area contributed by atoms with Gasteiger partial charge in [-0.2, -0.15) is 0 Å². The van der Waals surface area contributed by atoms with E-state index in [1.807, 2.05) is 12.1 Å². The lowest BCUT2D eigenvalue weighted by Crippen LogP contribution is -2.16. The van der Waals surface area contributed by atoms with Crippen molar-refractivity contribution in [3.05, 3.63) is 63.6 Å². The second kappa shape index (κ2) is 5.89. The Kier molecular flexibility index (Phi) is 3.69. The standard InChI is InChI=1S/C19H19N3O3/c1-3-22-10-12-6-4-8-15(14(12)11-22)20-18(23)13-7-5-9-16-17(13)25-19(24)21(16)2/h4-9H,3,10-11H2,1-2H3,(H,20,23). The van der Waals surface area contributed by atoms with Gasteiger partial charge >= 0.3 is 5.76 Å². The number of para-hydroxylation sites is 1. The second-order valence-corrected chi connectivity index (χ2v) is 6.28. The van der Waals surface area contributed by atoms with Crippen LogP contribution in [-0.2, 0) is 20.1 Å². The quantitative estimate of drug-likeness (QED) is 0.798. The van der Waals surface area contributed by atoms with Gasteiger partial charge in [-0.15, -0.1) is 0 Å². The third kappa shape index (κ3) is 2.55. The van der Waals surface area contributed by atoms with E-state index in [-0.39, 0.29) is 5.91 Å². The van der Waals surface area contributed by atoms with Gasteiger partial charge < -0.3 is 9.73 Å². The van der Waals surface area contributed by atoms with E-state index in [0.717, 1.165) is 30.9 Å². The molecule has 1 aliphatic heterocycles. The Labute approximate surface area is 144 Å². The van der Waals surface area contributed by atoms with Crippen molar-refractivity contribution in [3.63, 3.8) is 0 Å². The summed E-state index contributed by atoms with van der Waals surface area (Å²) in [6, 6.07) is 11.1. The lowest BCUT2D eigenvalue weighted by molar-refractivity contribution is 0.102. The molecule has 0 saturated heterocycles. The summed E-state index contributed by atoms with van der Waals surface area (Å²) in [6.45, 7) is 4.82. The fraction of sp³-hybridized carbons (Fsp3) is 0.263. The molecule has 0 spiro atoms. The number of fused-ring (bicyclic) bond motifs is 2. The summed E-state index contributed by atoms with van der Waals surface area (Å²) >= 11 is 0. The number of benzene rings is 2. The predicted molar refractivity (Wildman–Crippen MR) is 95.6 cm³/mol. The van der Waals surface area contributed by atoms with E-state index in [1.165, 1.54) is 10.1 Å². The van der Waals surface area contributed by atoms with Crippen molar-refractivity contribution in [3.8, 4) is 0 Å². The van der Waals surface area contributed by atoms with Gasteiger partial charge in [0.1, 0.15) is 0 Å². The number of carbonyl (C=O) groups is 1. The molecule has 1 N–H and O–H groups in total. The van der Waals surface area contributed by atoms with Crippen LogP contribution in [0.1, 0.15) is 28.4 Å². The average molecular weight is 337 g/mol. The molecule has 3 aromatic rings. The first-order valence-corrected chi connectivity index (χ1v) is 8.31. The van der Waals surface area contributed by atoms with Crippen LogP contribution in [0.25, 0.3) is 11.1 Å². The molecule has 0 fully saturated rings. The number of aryl methyl sites for hydroxylation is 1. The van der Waals surface area contributed by atoms with E-state index in [4.69, 9.17) is 4.42 Å². The predicted octanol–water partition coefficient (Wildman–Crippen LogP) is 2.72. The lowest BCUT2D eigenvalue weighted by Gasteiger charge is -2.12. The molecule has 1 aromatic heterocycles. The molecule has 4 rings (SSSR count). The Bertz CT molecular complexity index is 1030. The number of hydrogen-bond acceptors (Lipinski definition) is 4. The lowest BCUT2D eigenvalue weighted by atomic mass is 10.1. The van der Waals surface area contributed by atoms with Gasteiger partial charge in [0.2, 0.25) is 0 Å². The fourth-order valence-corrected chi connectivity index (χ4v) is 3.35. The molecular weight excluding hydrogens is 318 g/mol. The number of carbonyl (C=O) groups excluding carboxylic acids is 1. The van der Waals surface area contributed by atoms with Gasteiger partial charge in [0.15, 0.2) is 5.58 Å². The maximum Gasteiger partial charge on any atom is 0.419 e. The van der Waals surface area contributed by atoms with Gasteiger partial charge in [-0.3, -0.25) is 14.3 Å². The molecule has 25 heavy (non-hydrogen) atoms. The van der Waals surface area contributed by atoms with E-state index in [2.05, 4.69) is 23.2 Å². The minimum absolute atomic E-state index is 0.275. The summed E-state index contributed by atoms with van der Waals surface area (Å²) in [5.41, 5.74) is 4.48. The van der Waals surface area contributed by atoms with Crippen molar-refractivity contribution >= 4 is 22.7 Å².